The number of rotatable bonds is 3. The van der Waals surface area contributed by atoms with Crippen LogP contribution in [0.4, 0.5) is 5.69 Å². The zero-order valence-electron chi connectivity index (χ0n) is 11.7. The largest absolute Gasteiger partial charge is 0.397 e. The van der Waals surface area contributed by atoms with Gasteiger partial charge < -0.3 is 20.9 Å². The fraction of sp³-hybridized carbons (Fsp3) is 0.333. The first-order valence-corrected chi connectivity index (χ1v) is 7.08. The predicted molar refractivity (Wildman–Crippen MR) is 80.9 cm³/mol. The predicted octanol–water partition coefficient (Wildman–Crippen LogP) is 1.10. The molecule has 2 heterocycles. The van der Waals surface area contributed by atoms with Gasteiger partial charge in [0.2, 0.25) is 5.91 Å². The van der Waals surface area contributed by atoms with Crippen molar-refractivity contribution in [2.45, 2.75) is 12.8 Å². The molecule has 6 heteroatoms. The Labute approximate surface area is 122 Å². The minimum absolute atomic E-state index is 0.0310. The molecule has 0 saturated carbocycles. The second-order valence-electron chi connectivity index (χ2n) is 5.27. The molecule has 1 fully saturated rings. The van der Waals surface area contributed by atoms with E-state index in [0.717, 1.165) is 36.8 Å². The maximum Gasteiger partial charge on any atom is 0.268 e. The summed E-state index contributed by atoms with van der Waals surface area (Å²) in [4.78, 5) is 28.8. The molecule has 1 aliphatic heterocycles. The van der Waals surface area contributed by atoms with Crippen molar-refractivity contribution in [2.75, 3.05) is 25.4 Å². The second-order valence-corrected chi connectivity index (χ2v) is 5.27. The molecule has 1 aromatic carbocycles. The number of carbonyl (C=O) groups is 2. The molecule has 1 aliphatic rings. The summed E-state index contributed by atoms with van der Waals surface area (Å²) >= 11 is 0. The summed E-state index contributed by atoms with van der Waals surface area (Å²) in [6.45, 7) is 1.61. The van der Waals surface area contributed by atoms with Crippen LogP contribution in [0.1, 0.15) is 23.3 Å². The van der Waals surface area contributed by atoms with Crippen LogP contribution in [0.5, 0.6) is 0 Å². The van der Waals surface area contributed by atoms with Crippen LogP contribution in [0, 0.1) is 0 Å². The smallest absolute Gasteiger partial charge is 0.268 e. The normalized spacial score (nSPS) is 14.6. The van der Waals surface area contributed by atoms with Crippen molar-refractivity contribution >= 4 is 28.4 Å². The molecular formula is C15H18N4O2. The van der Waals surface area contributed by atoms with Crippen molar-refractivity contribution in [3.05, 3.63) is 30.0 Å². The number of amides is 2. The number of H-pyrrole nitrogens is 1. The molecule has 2 amide bonds. The zero-order valence-corrected chi connectivity index (χ0v) is 11.7. The number of nitrogens with zero attached hydrogens (tertiary/aromatic N) is 1. The van der Waals surface area contributed by atoms with E-state index in [1.165, 1.54) is 0 Å². The maximum absolute atomic E-state index is 12.1. The molecule has 3 rings (SSSR count). The van der Waals surface area contributed by atoms with Crippen molar-refractivity contribution in [1.29, 1.82) is 0 Å². The van der Waals surface area contributed by atoms with Gasteiger partial charge in [-0.3, -0.25) is 9.59 Å². The van der Waals surface area contributed by atoms with Gasteiger partial charge >= 0.3 is 0 Å². The van der Waals surface area contributed by atoms with E-state index in [9.17, 15) is 9.59 Å². The topological polar surface area (TPSA) is 91.2 Å². The molecule has 110 valence electrons. The van der Waals surface area contributed by atoms with Crippen molar-refractivity contribution in [3.63, 3.8) is 0 Å². The van der Waals surface area contributed by atoms with Gasteiger partial charge in [-0.1, -0.05) is 12.1 Å². The maximum atomic E-state index is 12.1. The first-order chi connectivity index (χ1) is 10.1. The highest BCUT2D eigenvalue weighted by atomic mass is 16.2. The van der Waals surface area contributed by atoms with Gasteiger partial charge in [-0.25, -0.2) is 0 Å². The number of hydrogen-bond acceptors (Lipinski definition) is 3. The lowest BCUT2D eigenvalue weighted by Crippen LogP contribution is -2.38. The van der Waals surface area contributed by atoms with Crippen molar-refractivity contribution < 1.29 is 9.59 Å². The van der Waals surface area contributed by atoms with Crippen LogP contribution >= 0.6 is 0 Å². The number of nitrogens with two attached hydrogens (primary N) is 1. The van der Waals surface area contributed by atoms with E-state index in [4.69, 9.17) is 5.73 Å². The van der Waals surface area contributed by atoms with E-state index in [1.54, 1.807) is 17.0 Å². The molecule has 0 atom stereocenters. The lowest BCUT2D eigenvalue weighted by Gasteiger charge is -2.15. The molecular weight excluding hydrogens is 268 g/mol. The summed E-state index contributed by atoms with van der Waals surface area (Å²) in [6.07, 6.45) is 2.09. The summed E-state index contributed by atoms with van der Waals surface area (Å²) in [5, 5.41) is 3.53. The van der Waals surface area contributed by atoms with Crippen molar-refractivity contribution in [3.8, 4) is 0 Å². The van der Waals surface area contributed by atoms with Crippen LogP contribution in [0.15, 0.2) is 24.3 Å². The standard InChI is InChI=1S/C15H18N4O2/c16-11-5-3-4-10-8-12(18-14(10)11)15(21)17-9-13(20)19-6-1-2-7-19/h3-5,8,18H,1-2,6-7,9,16H2,(H,17,21). The molecule has 0 aliphatic carbocycles. The Morgan fingerprint density at radius 1 is 1.29 bits per heavy atom. The van der Waals surface area contributed by atoms with Crippen molar-refractivity contribution in [2.24, 2.45) is 0 Å². The Morgan fingerprint density at radius 3 is 2.76 bits per heavy atom. The molecule has 0 spiro atoms. The number of nitrogen functional groups attached to an aromatic ring is 1. The first-order valence-electron chi connectivity index (χ1n) is 7.08. The van der Waals surface area contributed by atoms with Gasteiger partial charge in [-0.15, -0.1) is 0 Å². The number of carbonyl (C=O) groups excluding carboxylic acids is 2. The van der Waals surface area contributed by atoms with Crippen LogP contribution in [0.25, 0.3) is 10.9 Å². The summed E-state index contributed by atoms with van der Waals surface area (Å²) in [6, 6.07) is 7.23. The third-order valence-corrected chi connectivity index (χ3v) is 3.79. The first kappa shape index (κ1) is 13.5. The number of aromatic amines is 1. The Balaban J connectivity index is 1.66. The number of likely N-dealkylation sites (tertiary alicyclic amines) is 1. The minimum atomic E-state index is -0.293. The average molecular weight is 286 g/mol. The number of hydrogen-bond donors (Lipinski definition) is 3. The average Bonchev–Trinajstić information content (AvgIpc) is 3.13. The van der Waals surface area contributed by atoms with Crippen LogP contribution in [-0.2, 0) is 4.79 Å². The summed E-state index contributed by atoms with van der Waals surface area (Å²) < 4.78 is 0. The summed E-state index contributed by atoms with van der Waals surface area (Å²) in [7, 11) is 0. The Hall–Kier alpha value is -2.50. The third-order valence-electron chi connectivity index (χ3n) is 3.79. The number of benzene rings is 1. The molecule has 1 aromatic heterocycles. The van der Waals surface area contributed by atoms with Crippen LogP contribution in [0.3, 0.4) is 0 Å². The zero-order chi connectivity index (χ0) is 14.8. The monoisotopic (exact) mass is 286 g/mol. The number of anilines is 1. The van der Waals surface area contributed by atoms with Gasteiger partial charge in [0.05, 0.1) is 17.7 Å². The van der Waals surface area contributed by atoms with Gasteiger partial charge in [0, 0.05) is 18.5 Å². The van der Waals surface area contributed by atoms with Gasteiger partial charge in [0.15, 0.2) is 0 Å². The van der Waals surface area contributed by atoms with E-state index >= 15 is 0 Å². The number of para-hydroxylation sites is 1. The summed E-state index contributed by atoms with van der Waals surface area (Å²) in [5.74, 6) is -0.324. The van der Waals surface area contributed by atoms with E-state index in [0.29, 0.717) is 11.4 Å². The lowest BCUT2D eigenvalue weighted by molar-refractivity contribution is -0.129. The number of nitrogens with one attached hydrogen (secondary N) is 2. The Kier molecular flexibility index (Phi) is 3.51. The van der Waals surface area contributed by atoms with Gasteiger partial charge in [-0.05, 0) is 25.0 Å². The Morgan fingerprint density at radius 2 is 2.05 bits per heavy atom. The fourth-order valence-corrected chi connectivity index (χ4v) is 2.63. The van der Waals surface area contributed by atoms with Crippen molar-refractivity contribution in [1.82, 2.24) is 15.2 Å². The molecule has 1 saturated heterocycles. The third kappa shape index (κ3) is 2.69. The van der Waals surface area contributed by atoms with E-state index in [2.05, 4.69) is 10.3 Å². The molecule has 21 heavy (non-hydrogen) atoms. The molecule has 0 radical (unpaired) electrons. The Bertz CT molecular complexity index is 686. The minimum Gasteiger partial charge on any atom is -0.397 e. The lowest BCUT2D eigenvalue weighted by atomic mass is 10.2. The SMILES string of the molecule is Nc1cccc2cc(C(=O)NCC(=O)N3CCCC3)[nH]c12. The molecule has 0 unspecified atom stereocenters. The van der Waals surface area contributed by atoms with Crippen LogP contribution in [-0.4, -0.2) is 41.3 Å². The number of aromatic nitrogens is 1. The van der Waals surface area contributed by atoms with E-state index in [1.807, 2.05) is 12.1 Å². The van der Waals surface area contributed by atoms with Crippen LogP contribution in [0.2, 0.25) is 0 Å². The van der Waals surface area contributed by atoms with Gasteiger partial charge in [0.25, 0.3) is 5.91 Å². The van der Waals surface area contributed by atoms with E-state index in [-0.39, 0.29) is 18.4 Å². The molecule has 0 bridgehead atoms. The molecule has 2 aromatic rings. The highest BCUT2D eigenvalue weighted by Gasteiger charge is 2.19. The van der Waals surface area contributed by atoms with Crippen LogP contribution < -0.4 is 11.1 Å². The number of fused-ring (bicyclic) bond motifs is 1. The highest BCUT2D eigenvalue weighted by molar-refractivity contribution is 6.01. The second kappa shape index (κ2) is 5.47. The molecule has 4 N–H and O–H groups in total. The highest BCUT2D eigenvalue weighted by Crippen LogP contribution is 2.20. The van der Waals surface area contributed by atoms with Gasteiger partial charge in [0.1, 0.15) is 5.69 Å². The molecule has 6 nitrogen and oxygen atoms in total. The quantitative estimate of drug-likeness (QED) is 0.738. The van der Waals surface area contributed by atoms with E-state index < -0.39 is 0 Å². The fourth-order valence-electron chi connectivity index (χ4n) is 2.63. The van der Waals surface area contributed by atoms with Gasteiger partial charge in [-0.2, -0.15) is 0 Å². The summed E-state index contributed by atoms with van der Waals surface area (Å²) in [5.41, 5.74) is 7.61.